The topological polar surface area (TPSA) is 26.3 Å². The highest BCUT2D eigenvalue weighted by Gasteiger charge is 2.55. The highest BCUT2D eigenvalue weighted by molar-refractivity contribution is 9.10. The van der Waals surface area contributed by atoms with Crippen LogP contribution in [0.2, 0.25) is 0 Å². The molecule has 0 heterocycles. The highest BCUT2D eigenvalue weighted by atomic mass is 79.9. The van der Waals surface area contributed by atoms with Gasteiger partial charge in [0.2, 0.25) is 0 Å². The van der Waals surface area contributed by atoms with Crippen molar-refractivity contribution >= 4 is 21.7 Å². The van der Waals surface area contributed by atoms with Crippen LogP contribution in [0, 0.1) is 5.41 Å². The molecular weight excluding hydrogens is 304 g/mol. The lowest BCUT2D eigenvalue weighted by Crippen LogP contribution is -2.56. The second-order valence-electron chi connectivity index (χ2n) is 5.73. The number of hydrogen-bond acceptors (Lipinski definition) is 2. The Hall–Kier alpha value is -0.830. The van der Waals surface area contributed by atoms with E-state index in [4.69, 9.17) is 4.74 Å². The SMILES string of the molecule is O=C1CC(Oc2ccccc2Br)C12CCCCCC2. The number of carbonyl (C=O) groups excluding carboxylic acids is 1. The van der Waals surface area contributed by atoms with Crippen LogP contribution in [-0.4, -0.2) is 11.9 Å². The molecule has 0 radical (unpaired) electrons. The van der Waals surface area contributed by atoms with Gasteiger partial charge in [-0.1, -0.05) is 37.8 Å². The summed E-state index contributed by atoms with van der Waals surface area (Å²) in [5.41, 5.74) is -0.175. The molecule has 1 unspecified atom stereocenters. The van der Waals surface area contributed by atoms with E-state index in [0.29, 0.717) is 12.2 Å². The van der Waals surface area contributed by atoms with Gasteiger partial charge in [-0.15, -0.1) is 0 Å². The number of halogens is 1. The maximum atomic E-state index is 12.2. The third-order valence-electron chi connectivity index (χ3n) is 4.64. The van der Waals surface area contributed by atoms with E-state index in [1.54, 1.807) is 0 Å². The van der Waals surface area contributed by atoms with Gasteiger partial charge in [-0.2, -0.15) is 0 Å². The van der Waals surface area contributed by atoms with Crippen LogP contribution in [-0.2, 0) is 4.79 Å². The lowest BCUT2D eigenvalue weighted by Gasteiger charge is -2.47. The number of benzene rings is 1. The molecular formula is C16H19BrO2. The monoisotopic (exact) mass is 322 g/mol. The van der Waals surface area contributed by atoms with Gasteiger partial charge in [0.25, 0.3) is 0 Å². The minimum absolute atomic E-state index is 0.0804. The van der Waals surface area contributed by atoms with Crippen LogP contribution in [0.3, 0.4) is 0 Å². The summed E-state index contributed by atoms with van der Waals surface area (Å²) in [6.07, 6.45) is 7.55. The van der Waals surface area contributed by atoms with E-state index in [1.165, 1.54) is 25.7 Å². The Labute approximate surface area is 122 Å². The van der Waals surface area contributed by atoms with Crippen molar-refractivity contribution in [3.05, 3.63) is 28.7 Å². The average Bonchev–Trinajstić information content (AvgIpc) is 2.68. The summed E-state index contributed by atoms with van der Waals surface area (Å²) >= 11 is 3.51. The largest absolute Gasteiger partial charge is 0.488 e. The molecule has 1 spiro atoms. The molecule has 0 saturated heterocycles. The first kappa shape index (κ1) is 13.2. The van der Waals surface area contributed by atoms with Gasteiger partial charge >= 0.3 is 0 Å². The van der Waals surface area contributed by atoms with E-state index in [9.17, 15) is 4.79 Å². The van der Waals surface area contributed by atoms with Crippen LogP contribution in [0.5, 0.6) is 5.75 Å². The molecule has 0 aromatic heterocycles. The first-order valence-electron chi connectivity index (χ1n) is 7.17. The quantitative estimate of drug-likeness (QED) is 0.800. The second kappa shape index (κ2) is 5.28. The fraction of sp³-hybridized carbons (Fsp3) is 0.562. The predicted octanol–water partition coefficient (Wildman–Crippen LogP) is 4.51. The maximum Gasteiger partial charge on any atom is 0.146 e. The zero-order chi connectivity index (χ0) is 13.3. The number of Topliss-reactive ketones (excluding diaryl/α,β-unsaturated/α-hetero) is 1. The van der Waals surface area contributed by atoms with Crippen molar-refractivity contribution in [2.45, 2.75) is 51.0 Å². The molecule has 1 aromatic carbocycles. The lowest BCUT2D eigenvalue weighted by atomic mass is 9.60. The number of carbonyl (C=O) groups is 1. The fourth-order valence-electron chi connectivity index (χ4n) is 3.42. The number of ether oxygens (including phenoxy) is 1. The number of hydrogen-bond donors (Lipinski definition) is 0. The number of para-hydroxylation sites is 1. The van der Waals surface area contributed by atoms with Crippen molar-refractivity contribution in [2.24, 2.45) is 5.41 Å². The molecule has 19 heavy (non-hydrogen) atoms. The molecule has 2 saturated carbocycles. The standard InChI is InChI=1S/C16H19BrO2/c17-12-7-3-4-8-13(12)19-15-11-14(18)16(15)9-5-1-2-6-10-16/h3-4,7-8,15H,1-2,5-6,9-11H2. The van der Waals surface area contributed by atoms with Crippen molar-refractivity contribution in [1.29, 1.82) is 0 Å². The summed E-state index contributed by atoms with van der Waals surface area (Å²) in [6.45, 7) is 0. The van der Waals surface area contributed by atoms with Gasteiger partial charge in [-0.3, -0.25) is 4.79 Å². The molecule has 1 aromatic rings. The van der Waals surface area contributed by atoms with E-state index in [0.717, 1.165) is 23.1 Å². The van der Waals surface area contributed by atoms with E-state index in [-0.39, 0.29) is 11.5 Å². The van der Waals surface area contributed by atoms with Crippen LogP contribution < -0.4 is 4.74 Å². The van der Waals surface area contributed by atoms with Crippen molar-refractivity contribution in [1.82, 2.24) is 0 Å². The normalized spacial score (nSPS) is 25.7. The molecule has 2 aliphatic carbocycles. The predicted molar refractivity (Wildman–Crippen MR) is 78.3 cm³/mol. The highest BCUT2D eigenvalue weighted by Crippen LogP contribution is 2.50. The van der Waals surface area contributed by atoms with E-state index in [1.807, 2.05) is 24.3 Å². The Morgan fingerprint density at radius 3 is 2.42 bits per heavy atom. The summed E-state index contributed by atoms with van der Waals surface area (Å²) < 4.78 is 7.10. The Morgan fingerprint density at radius 2 is 1.79 bits per heavy atom. The van der Waals surface area contributed by atoms with E-state index < -0.39 is 0 Å². The molecule has 0 bridgehead atoms. The number of rotatable bonds is 2. The van der Waals surface area contributed by atoms with Gasteiger partial charge in [0.1, 0.15) is 17.6 Å². The Morgan fingerprint density at radius 1 is 1.11 bits per heavy atom. The van der Waals surface area contributed by atoms with Crippen molar-refractivity contribution in [2.75, 3.05) is 0 Å². The van der Waals surface area contributed by atoms with Crippen LogP contribution in [0.1, 0.15) is 44.9 Å². The summed E-state index contributed by atoms with van der Waals surface area (Å²) in [5.74, 6) is 1.29. The first-order chi connectivity index (χ1) is 9.22. The third-order valence-corrected chi connectivity index (χ3v) is 5.30. The molecule has 3 rings (SSSR count). The fourth-order valence-corrected chi connectivity index (χ4v) is 3.80. The molecule has 0 aliphatic heterocycles. The van der Waals surface area contributed by atoms with E-state index in [2.05, 4.69) is 15.9 Å². The second-order valence-corrected chi connectivity index (χ2v) is 6.59. The summed E-state index contributed by atoms with van der Waals surface area (Å²) in [7, 11) is 0. The van der Waals surface area contributed by atoms with Gasteiger partial charge in [0.15, 0.2) is 0 Å². The van der Waals surface area contributed by atoms with Crippen molar-refractivity contribution in [3.63, 3.8) is 0 Å². The molecule has 102 valence electrons. The van der Waals surface area contributed by atoms with Gasteiger partial charge in [0.05, 0.1) is 9.89 Å². The van der Waals surface area contributed by atoms with Gasteiger partial charge in [0, 0.05) is 6.42 Å². The molecule has 2 nitrogen and oxygen atoms in total. The minimum Gasteiger partial charge on any atom is -0.488 e. The summed E-state index contributed by atoms with van der Waals surface area (Å²) in [6, 6.07) is 7.90. The number of ketones is 1. The van der Waals surface area contributed by atoms with Crippen LogP contribution >= 0.6 is 15.9 Å². The summed E-state index contributed by atoms with van der Waals surface area (Å²) in [5, 5.41) is 0. The summed E-state index contributed by atoms with van der Waals surface area (Å²) in [4.78, 5) is 12.2. The van der Waals surface area contributed by atoms with Gasteiger partial charge in [-0.25, -0.2) is 0 Å². The molecule has 1 atom stereocenters. The van der Waals surface area contributed by atoms with Crippen molar-refractivity contribution < 1.29 is 9.53 Å². The van der Waals surface area contributed by atoms with Gasteiger partial charge in [-0.05, 0) is 40.9 Å². The smallest absolute Gasteiger partial charge is 0.146 e. The van der Waals surface area contributed by atoms with E-state index >= 15 is 0 Å². The lowest BCUT2D eigenvalue weighted by molar-refractivity contribution is -0.154. The first-order valence-corrected chi connectivity index (χ1v) is 7.96. The molecule has 2 fully saturated rings. The van der Waals surface area contributed by atoms with Crippen molar-refractivity contribution in [3.8, 4) is 5.75 Å². The zero-order valence-corrected chi connectivity index (χ0v) is 12.6. The average molecular weight is 323 g/mol. The third kappa shape index (κ3) is 2.33. The van der Waals surface area contributed by atoms with Crippen LogP contribution in [0.25, 0.3) is 0 Å². The Balaban J connectivity index is 1.78. The zero-order valence-electron chi connectivity index (χ0n) is 11.0. The molecule has 0 N–H and O–H groups in total. The van der Waals surface area contributed by atoms with Crippen LogP contribution in [0.4, 0.5) is 0 Å². The molecule has 3 heteroatoms. The Bertz CT molecular complexity index is 475. The Kier molecular flexibility index (Phi) is 3.66. The minimum atomic E-state index is -0.175. The molecule has 2 aliphatic rings. The molecule has 0 amide bonds. The van der Waals surface area contributed by atoms with Gasteiger partial charge < -0.3 is 4.74 Å². The van der Waals surface area contributed by atoms with Crippen LogP contribution in [0.15, 0.2) is 28.7 Å². The maximum absolute atomic E-state index is 12.2.